The molecular formula is C17H21N4O6P+2. The second kappa shape index (κ2) is 8.83. The van der Waals surface area contributed by atoms with Crippen molar-refractivity contribution < 1.29 is 23.4 Å². The number of quaternary nitrogens is 1. The van der Waals surface area contributed by atoms with E-state index in [-0.39, 0.29) is 11.4 Å². The van der Waals surface area contributed by atoms with Gasteiger partial charge in [-0.1, -0.05) is 0 Å². The van der Waals surface area contributed by atoms with Crippen molar-refractivity contribution in [2.45, 2.75) is 0 Å². The van der Waals surface area contributed by atoms with E-state index in [4.69, 9.17) is 4.52 Å². The van der Waals surface area contributed by atoms with Crippen molar-refractivity contribution in [3.63, 3.8) is 0 Å². The smallest absolute Gasteiger partial charge is 0.350 e. The van der Waals surface area contributed by atoms with Crippen LogP contribution in [0.1, 0.15) is 0 Å². The molecule has 0 fully saturated rings. The van der Waals surface area contributed by atoms with Gasteiger partial charge in [0.2, 0.25) is 5.30 Å². The number of nitrogens with zero attached hydrogens (tertiary/aromatic N) is 3. The van der Waals surface area contributed by atoms with Gasteiger partial charge in [-0.05, 0) is 34.9 Å². The average molecular weight is 408 g/mol. The molecular weight excluding hydrogens is 387 g/mol. The van der Waals surface area contributed by atoms with E-state index in [1.54, 1.807) is 24.3 Å². The summed E-state index contributed by atoms with van der Waals surface area (Å²) in [5, 5.41) is 25.3. The molecule has 1 unspecified atom stereocenters. The maximum absolute atomic E-state index is 12.2. The Morgan fingerprint density at radius 3 is 2.21 bits per heavy atom. The summed E-state index contributed by atoms with van der Waals surface area (Å²) in [5.74, 6) is 0. The Morgan fingerprint density at radius 2 is 1.68 bits per heavy atom. The molecule has 0 aromatic heterocycles. The van der Waals surface area contributed by atoms with E-state index >= 15 is 0 Å². The minimum atomic E-state index is -2.00. The summed E-state index contributed by atoms with van der Waals surface area (Å²) in [6.07, 6.45) is 0. The normalized spacial score (nSPS) is 11.8. The molecule has 2 rings (SSSR count). The lowest BCUT2D eigenvalue weighted by atomic mass is 10.2. The monoisotopic (exact) mass is 408 g/mol. The molecule has 1 atom stereocenters. The summed E-state index contributed by atoms with van der Waals surface area (Å²) in [6.45, 7) is 1.07. The Kier molecular flexibility index (Phi) is 6.74. The van der Waals surface area contributed by atoms with Crippen LogP contribution in [0.4, 0.5) is 22.7 Å². The summed E-state index contributed by atoms with van der Waals surface area (Å²) in [7, 11) is 4.03. The van der Waals surface area contributed by atoms with Crippen LogP contribution in [-0.2, 0) is 9.09 Å². The first-order chi connectivity index (χ1) is 13.1. The Balaban J connectivity index is 2.09. The SMILES string of the molecule is C[N+](C)(C)CCO[P+](=O)c1ccc(Nc2ccc([N+](=O)[O-])cc2[N+](=O)[O-])cc1. The van der Waals surface area contributed by atoms with Gasteiger partial charge in [-0.25, -0.2) is 0 Å². The third-order valence-corrected chi connectivity index (χ3v) is 4.85. The number of rotatable bonds is 9. The molecule has 0 aliphatic rings. The number of anilines is 2. The van der Waals surface area contributed by atoms with E-state index in [0.717, 1.165) is 6.07 Å². The van der Waals surface area contributed by atoms with Crippen molar-refractivity contribution >= 4 is 36.1 Å². The van der Waals surface area contributed by atoms with Crippen LogP contribution in [0.25, 0.3) is 0 Å². The number of likely N-dealkylation sites (N-methyl/N-ethyl adjacent to an activating group) is 1. The number of nitrogens with one attached hydrogen (secondary N) is 1. The van der Waals surface area contributed by atoms with Crippen LogP contribution in [0.2, 0.25) is 0 Å². The van der Waals surface area contributed by atoms with Gasteiger partial charge in [0.1, 0.15) is 12.2 Å². The number of nitro groups is 2. The Morgan fingerprint density at radius 1 is 1.04 bits per heavy atom. The molecule has 10 nitrogen and oxygen atoms in total. The molecule has 0 aliphatic carbocycles. The van der Waals surface area contributed by atoms with Gasteiger partial charge in [-0.3, -0.25) is 20.2 Å². The molecule has 0 radical (unpaired) electrons. The largest absolute Gasteiger partial charge is 0.548 e. The van der Waals surface area contributed by atoms with Gasteiger partial charge in [-0.2, -0.15) is 0 Å². The molecule has 0 saturated carbocycles. The lowest BCUT2D eigenvalue weighted by Crippen LogP contribution is -2.37. The number of nitro benzene ring substituents is 2. The fraction of sp³-hybridized carbons (Fsp3) is 0.294. The fourth-order valence-electron chi connectivity index (χ4n) is 2.18. The fourth-order valence-corrected chi connectivity index (χ4v) is 2.97. The highest BCUT2D eigenvalue weighted by Gasteiger charge is 2.24. The van der Waals surface area contributed by atoms with Crippen LogP contribution in [0.5, 0.6) is 0 Å². The van der Waals surface area contributed by atoms with Crippen molar-refractivity contribution in [3.8, 4) is 0 Å². The van der Waals surface area contributed by atoms with Crippen LogP contribution in [0, 0.1) is 20.2 Å². The molecule has 28 heavy (non-hydrogen) atoms. The Hall–Kier alpha value is -2.94. The van der Waals surface area contributed by atoms with Gasteiger partial charge in [0.15, 0.2) is 6.61 Å². The van der Waals surface area contributed by atoms with Gasteiger partial charge < -0.3 is 9.80 Å². The molecule has 0 saturated heterocycles. The zero-order valence-electron chi connectivity index (χ0n) is 15.7. The summed E-state index contributed by atoms with van der Waals surface area (Å²) >= 11 is 0. The van der Waals surface area contributed by atoms with Gasteiger partial charge in [-0.15, -0.1) is 4.52 Å². The van der Waals surface area contributed by atoms with E-state index < -0.39 is 23.6 Å². The average Bonchev–Trinajstić information content (AvgIpc) is 2.61. The molecule has 1 N–H and O–H groups in total. The summed E-state index contributed by atoms with van der Waals surface area (Å²) in [6, 6.07) is 9.78. The summed E-state index contributed by atoms with van der Waals surface area (Å²) in [4.78, 5) is 20.6. The van der Waals surface area contributed by atoms with Crippen molar-refractivity contribution in [3.05, 3.63) is 62.7 Å². The third kappa shape index (κ3) is 6.05. The van der Waals surface area contributed by atoms with Crippen LogP contribution in [0.15, 0.2) is 42.5 Å². The van der Waals surface area contributed by atoms with Crippen molar-refractivity contribution in [2.24, 2.45) is 0 Å². The van der Waals surface area contributed by atoms with Gasteiger partial charge >= 0.3 is 8.03 Å². The quantitative estimate of drug-likeness (QED) is 0.292. The predicted molar refractivity (Wildman–Crippen MR) is 106 cm³/mol. The van der Waals surface area contributed by atoms with E-state index in [1.807, 2.05) is 21.1 Å². The van der Waals surface area contributed by atoms with Gasteiger partial charge in [0, 0.05) is 11.8 Å². The number of hydrogen-bond acceptors (Lipinski definition) is 7. The number of benzene rings is 2. The van der Waals surface area contributed by atoms with Crippen molar-refractivity contribution in [2.75, 3.05) is 39.6 Å². The number of non-ortho nitro benzene ring substituents is 1. The van der Waals surface area contributed by atoms with E-state index in [1.165, 1.54) is 12.1 Å². The molecule has 0 heterocycles. The molecule has 11 heteroatoms. The third-order valence-electron chi connectivity index (χ3n) is 3.72. The Bertz CT molecular complexity index is 896. The van der Waals surface area contributed by atoms with Crippen molar-refractivity contribution in [1.29, 1.82) is 0 Å². The van der Waals surface area contributed by atoms with Crippen LogP contribution in [0.3, 0.4) is 0 Å². The summed E-state index contributed by atoms with van der Waals surface area (Å²) < 4.78 is 18.3. The van der Waals surface area contributed by atoms with Gasteiger partial charge in [0.05, 0.1) is 37.1 Å². The first-order valence-corrected chi connectivity index (χ1v) is 9.45. The highest BCUT2D eigenvalue weighted by Crippen LogP contribution is 2.31. The summed E-state index contributed by atoms with van der Waals surface area (Å²) in [5.41, 5.74) is -0.147. The molecule has 2 aromatic rings. The first kappa shape index (κ1) is 21.4. The maximum atomic E-state index is 12.2. The topological polar surface area (TPSA) is 125 Å². The zero-order chi connectivity index (χ0) is 20.9. The highest BCUT2D eigenvalue weighted by molar-refractivity contribution is 7.48. The maximum Gasteiger partial charge on any atom is 0.548 e. The molecule has 0 bridgehead atoms. The lowest BCUT2D eigenvalue weighted by molar-refractivity contribution is -0.870. The van der Waals surface area contributed by atoms with Crippen LogP contribution in [-0.4, -0.2) is 48.6 Å². The lowest BCUT2D eigenvalue weighted by Gasteiger charge is -2.21. The predicted octanol–water partition coefficient (Wildman–Crippen LogP) is 3.34. The van der Waals surface area contributed by atoms with E-state index in [0.29, 0.717) is 28.6 Å². The zero-order valence-corrected chi connectivity index (χ0v) is 16.6. The number of hydrogen-bond donors (Lipinski definition) is 1. The molecule has 148 valence electrons. The van der Waals surface area contributed by atoms with Gasteiger partial charge in [0.25, 0.3) is 11.4 Å². The van der Waals surface area contributed by atoms with E-state index in [2.05, 4.69) is 5.32 Å². The second-order valence-electron chi connectivity index (χ2n) is 6.99. The molecule has 0 aliphatic heterocycles. The Labute approximate surface area is 162 Å². The van der Waals surface area contributed by atoms with E-state index in [9.17, 15) is 24.8 Å². The minimum absolute atomic E-state index is 0.118. The second-order valence-corrected chi connectivity index (χ2v) is 8.28. The molecule has 2 aromatic carbocycles. The highest BCUT2D eigenvalue weighted by atomic mass is 31.1. The molecule has 0 amide bonds. The van der Waals surface area contributed by atoms with Crippen LogP contribution < -0.4 is 10.6 Å². The minimum Gasteiger partial charge on any atom is -0.350 e. The standard InChI is InChI=1S/C17H21N4O6P/c1-21(2,3)10-11-27-28(26)15-7-4-13(5-8-15)18-16-9-6-14(19(22)23)12-17(16)20(24)25/h4-9,12,18H,10-11H2,1-3H3/q+2. The van der Waals surface area contributed by atoms with Crippen molar-refractivity contribution in [1.82, 2.24) is 0 Å². The first-order valence-electron chi connectivity index (χ1n) is 8.27. The van der Waals surface area contributed by atoms with Crippen LogP contribution >= 0.6 is 8.03 Å². The molecule has 0 spiro atoms.